The molecule has 0 amide bonds. The lowest BCUT2D eigenvalue weighted by Crippen LogP contribution is -2.17. The Hall–Kier alpha value is -0.910. The van der Waals surface area contributed by atoms with Gasteiger partial charge >= 0.3 is 5.97 Å². The zero-order valence-electron chi connectivity index (χ0n) is 7.62. The summed E-state index contributed by atoms with van der Waals surface area (Å²) in [6.07, 6.45) is 0. The van der Waals surface area contributed by atoms with Crippen molar-refractivity contribution in [1.29, 1.82) is 0 Å². The number of ketones is 1. The van der Waals surface area contributed by atoms with Gasteiger partial charge in [-0.15, -0.1) is 0 Å². The first-order valence-corrected chi connectivity index (χ1v) is 5.49. The van der Waals surface area contributed by atoms with Crippen molar-refractivity contribution in [1.82, 2.24) is 0 Å². The molecule has 0 spiro atoms. The summed E-state index contributed by atoms with van der Waals surface area (Å²) in [5.41, 5.74) is 1.28. The predicted molar refractivity (Wildman–Crippen MR) is 60.5 cm³/mol. The van der Waals surface area contributed by atoms with Crippen LogP contribution in [0.5, 0.6) is 0 Å². The van der Waals surface area contributed by atoms with Crippen molar-refractivity contribution in [3.8, 4) is 0 Å². The fourth-order valence-corrected chi connectivity index (χ4v) is 1.73. The van der Waals surface area contributed by atoms with Gasteiger partial charge in [-0.2, -0.15) is 0 Å². The number of ether oxygens (including phenoxy) is 1. The van der Waals surface area contributed by atoms with E-state index in [-0.39, 0.29) is 0 Å². The second kappa shape index (κ2) is 5.09. The fraction of sp³-hybridized carbons (Fsp3) is 0.200. The maximum absolute atomic E-state index is 11.5. The molecule has 0 aliphatic carbocycles. The Morgan fingerprint density at radius 2 is 2.00 bits per heavy atom. The van der Waals surface area contributed by atoms with E-state index in [4.69, 9.17) is 0 Å². The van der Waals surface area contributed by atoms with Gasteiger partial charge in [0.25, 0.3) is 5.78 Å². The Morgan fingerprint density at radius 3 is 2.57 bits per heavy atom. The molecule has 1 aromatic carbocycles. The molecule has 74 valence electrons. The number of carbonyl (C=O) groups excluding carboxylic acids is 2. The van der Waals surface area contributed by atoms with Gasteiger partial charge in [0.2, 0.25) is 0 Å². The molecule has 0 aromatic heterocycles. The summed E-state index contributed by atoms with van der Waals surface area (Å²) in [5, 5.41) is 0. The van der Waals surface area contributed by atoms with Crippen molar-refractivity contribution in [3.63, 3.8) is 0 Å². The van der Waals surface area contributed by atoms with Gasteiger partial charge in [0.05, 0.1) is 7.11 Å². The van der Waals surface area contributed by atoms with E-state index < -0.39 is 11.8 Å². The second-order valence-electron chi connectivity index (χ2n) is 2.61. The normalized spacial score (nSPS) is 9.57. The van der Waals surface area contributed by atoms with Gasteiger partial charge in [-0.3, -0.25) is 4.79 Å². The summed E-state index contributed by atoms with van der Waals surface area (Å²) < 4.78 is 5.07. The molecule has 0 fully saturated rings. The maximum atomic E-state index is 11.5. The Bertz CT molecular complexity index is 360. The van der Waals surface area contributed by atoms with Crippen LogP contribution < -0.4 is 0 Å². The van der Waals surface area contributed by atoms with E-state index in [1.807, 2.05) is 12.1 Å². The first-order valence-electron chi connectivity index (χ1n) is 3.97. The molecular weight excluding hydrogens is 295 g/mol. The Labute approximate surface area is 95.6 Å². The number of esters is 1. The number of benzene rings is 1. The van der Waals surface area contributed by atoms with Crippen LogP contribution >= 0.6 is 22.6 Å². The summed E-state index contributed by atoms with van der Waals surface area (Å²) in [6.45, 7) is 0. The van der Waals surface area contributed by atoms with Crippen molar-refractivity contribution >= 4 is 34.3 Å². The topological polar surface area (TPSA) is 43.4 Å². The molecule has 4 heteroatoms. The number of carbonyl (C=O) groups is 2. The molecule has 3 nitrogen and oxygen atoms in total. The lowest BCUT2D eigenvalue weighted by atomic mass is 10.1. The summed E-state index contributed by atoms with van der Waals surface area (Å²) in [7, 11) is 1.20. The van der Waals surface area contributed by atoms with Gasteiger partial charge in [-0.05, 0) is 5.56 Å². The number of methoxy groups -OCH3 is 1. The predicted octanol–water partition coefficient (Wildman–Crippen LogP) is 1.98. The van der Waals surface area contributed by atoms with Crippen LogP contribution in [0.3, 0.4) is 0 Å². The molecule has 0 N–H and O–H groups in total. The molecule has 0 aliphatic rings. The number of hydrogen-bond acceptors (Lipinski definition) is 3. The van der Waals surface area contributed by atoms with Gasteiger partial charge in [0.15, 0.2) is 0 Å². The van der Waals surface area contributed by atoms with Crippen molar-refractivity contribution < 1.29 is 14.3 Å². The number of hydrogen-bond donors (Lipinski definition) is 0. The summed E-state index contributed by atoms with van der Waals surface area (Å²) in [6, 6.07) is 7.02. The molecule has 1 aromatic rings. The smallest absolute Gasteiger partial charge is 0.379 e. The average molecular weight is 304 g/mol. The lowest BCUT2D eigenvalue weighted by Gasteiger charge is -2.03. The van der Waals surface area contributed by atoms with Crippen LogP contribution in [0.1, 0.15) is 15.9 Å². The minimum Gasteiger partial charge on any atom is -0.463 e. The zero-order valence-corrected chi connectivity index (χ0v) is 9.78. The van der Waals surface area contributed by atoms with E-state index in [9.17, 15) is 9.59 Å². The molecular formula is C10H9IO3. The Kier molecular flexibility index (Phi) is 4.06. The van der Waals surface area contributed by atoms with Crippen molar-refractivity contribution in [2.75, 3.05) is 7.11 Å². The molecule has 0 bridgehead atoms. The van der Waals surface area contributed by atoms with E-state index in [1.54, 1.807) is 12.1 Å². The van der Waals surface area contributed by atoms with E-state index >= 15 is 0 Å². The van der Waals surface area contributed by atoms with Gasteiger partial charge in [0, 0.05) is 9.99 Å². The average Bonchev–Trinajstić information content (AvgIpc) is 2.26. The second-order valence-corrected chi connectivity index (χ2v) is 3.37. The van der Waals surface area contributed by atoms with Crippen molar-refractivity contribution in [3.05, 3.63) is 35.4 Å². The summed E-state index contributed by atoms with van der Waals surface area (Å²) in [4.78, 5) is 22.5. The minimum absolute atomic E-state index is 0.425. The molecule has 0 saturated heterocycles. The Balaban J connectivity index is 3.06. The van der Waals surface area contributed by atoms with Crippen LogP contribution in [0.25, 0.3) is 0 Å². The molecule has 0 saturated carbocycles. The highest BCUT2D eigenvalue weighted by Gasteiger charge is 2.18. The zero-order chi connectivity index (χ0) is 10.6. The molecule has 14 heavy (non-hydrogen) atoms. The van der Waals surface area contributed by atoms with Gasteiger partial charge < -0.3 is 4.74 Å². The SMILES string of the molecule is COC(=O)C(=O)c1ccccc1CI. The standard InChI is InChI=1S/C10H9IO3/c1-14-10(13)9(12)8-5-3-2-4-7(8)6-11/h2-5H,6H2,1H3. The monoisotopic (exact) mass is 304 g/mol. The third-order valence-corrected chi connectivity index (χ3v) is 2.60. The third-order valence-electron chi connectivity index (χ3n) is 1.78. The van der Waals surface area contributed by atoms with Crippen LogP contribution in [0, 0.1) is 0 Å². The van der Waals surface area contributed by atoms with E-state index in [1.165, 1.54) is 7.11 Å². The largest absolute Gasteiger partial charge is 0.463 e. The van der Waals surface area contributed by atoms with Gasteiger partial charge in [-0.25, -0.2) is 4.79 Å². The number of alkyl halides is 1. The highest BCUT2D eigenvalue weighted by atomic mass is 127. The summed E-state index contributed by atoms with van der Waals surface area (Å²) in [5.74, 6) is -1.40. The van der Waals surface area contributed by atoms with Gasteiger partial charge in [-0.1, -0.05) is 46.9 Å². The quantitative estimate of drug-likeness (QED) is 0.282. The minimum atomic E-state index is -0.817. The molecule has 0 heterocycles. The van der Waals surface area contributed by atoms with E-state index in [2.05, 4.69) is 27.3 Å². The maximum Gasteiger partial charge on any atom is 0.379 e. The molecule has 1 rings (SSSR count). The number of Topliss-reactive ketones (excluding diaryl/α,β-unsaturated/α-hetero) is 1. The molecule has 0 atom stereocenters. The first-order chi connectivity index (χ1) is 6.70. The molecule has 0 unspecified atom stereocenters. The van der Waals surface area contributed by atoms with E-state index in [0.717, 1.165) is 5.56 Å². The van der Waals surface area contributed by atoms with Crippen LogP contribution in [0.15, 0.2) is 24.3 Å². The van der Waals surface area contributed by atoms with Crippen molar-refractivity contribution in [2.24, 2.45) is 0 Å². The lowest BCUT2D eigenvalue weighted by molar-refractivity contribution is -0.135. The molecule has 0 aliphatic heterocycles. The summed E-state index contributed by atoms with van der Waals surface area (Å²) >= 11 is 2.14. The molecule has 0 radical (unpaired) electrons. The highest BCUT2D eigenvalue weighted by molar-refractivity contribution is 14.1. The van der Waals surface area contributed by atoms with Gasteiger partial charge in [0.1, 0.15) is 0 Å². The van der Waals surface area contributed by atoms with Crippen LogP contribution in [-0.4, -0.2) is 18.9 Å². The van der Waals surface area contributed by atoms with Crippen LogP contribution in [0.2, 0.25) is 0 Å². The third kappa shape index (κ3) is 2.31. The number of halogens is 1. The van der Waals surface area contributed by atoms with Crippen LogP contribution in [0.4, 0.5) is 0 Å². The number of rotatable bonds is 3. The van der Waals surface area contributed by atoms with Crippen LogP contribution in [-0.2, 0) is 14.0 Å². The first kappa shape index (κ1) is 11.2. The highest BCUT2D eigenvalue weighted by Crippen LogP contribution is 2.13. The van der Waals surface area contributed by atoms with Crippen molar-refractivity contribution in [2.45, 2.75) is 4.43 Å². The Morgan fingerprint density at radius 1 is 1.36 bits per heavy atom. The van der Waals surface area contributed by atoms with E-state index in [0.29, 0.717) is 9.99 Å². The fourth-order valence-electron chi connectivity index (χ4n) is 1.06.